The van der Waals surface area contributed by atoms with Crippen LogP contribution in [0.3, 0.4) is 0 Å². The van der Waals surface area contributed by atoms with Crippen molar-refractivity contribution in [2.24, 2.45) is 0 Å². The van der Waals surface area contributed by atoms with Crippen LogP contribution in [0.15, 0.2) is 6.20 Å². The predicted molar refractivity (Wildman–Crippen MR) is 74.7 cm³/mol. The van der Waals surface area contributed by atoms with E-state index in [9.17, 15) is 8.42 Å². The van der Waals surface area contributed by atoms with E-state index in [0.29, 0.717) is 5.75 Å². The maximum absolute atomic E-state index is 11.6. The number of sulfone groups is 1. The van der Waals surface area contributed by atoms with Crippen molar-refractivity contribution in [1.82, 2.24) is 10.3 Å². The predicted octanol–water partition coefficient (Wildman–Crippen LogP) is 1.93. The zero-order valence-electron chi connectivity index (χ0n) is 10.8. The fourth-order valence-corrected chi connectivity index (χ4v) is 4.78. The lowest BCUT2D eigenvalue weighted by Gasteiger charge is -2.25. The molecule has 1 aliphatic heterocycles. The fourth-order valence-electron chi connectivity index (χ4n) is 2.27. The molecule has 2 heterocycles. The summed E-state index contributed by atoms with van der Waals surface area (Å²) in [6, 6.07) is 0.210. The molecule has 1 N–H and O–H groups in total. The number of aromatic nitrogens is 1. The third kappa shape index (κ3) is 3.52. The highest BCUT2D eigenvalue weighted by molar-refractivity contribution is 7.91. The minimum absolute atomic E-state index is 0.0766. The van der Waals surface area contributed by atoms with Crippen molar-refractivity contribution in [1.29, 1.82) is 0 Å². The second-order valence-electron chi connectivity index (χ2n) is 4.86. The highest BCUT2D eigenvalue weighted by Crippen LogP contribution is 2.22. The quantitative estimate of drug-likeness (QED) is 0.920. The topological polar surface area (TPSA) is 59.1 Å². The molecule has 102 valence electrons. The monoisotopic (exact) mass is 288 g/mol. The molecule has 1 saturated heterocycles. The van der Waals surface area contributed by atoms with E-state index < -0.39 is 9.84 Å². The molecule has 0 spiro atoms. The third-order valence-electron chi connectivity index (χ3n) is 3.24. The van der Waals surface area contributed by atoms with E-state index in [0.717, 1.165) is 24.3 Å². The van der Waals surface area contributed by atoms with Crippen LogP contribution in [0.2, 0.25) is 0 Å². The molecule has 18 heavy (non-hydrogen) atoms. The molecule has 1 aromatic heterocycles. The van der Waals surface area contributed by atoms with Crippen LogP contribution in [0.25, 0.3) is 0 Å². The Kier molecular flexibility index (Phi) is 4.40. The van der Waals surface area contributed by atoms with Gasteiger partial charge in [-0.15, -0.1) is 11.3 Å². The van der Waals surface area contributed by atoms with E-state index in [1.54, 1.807) is 11.3 Å². The van der Waals surface area contributed by atoms with Gasteiger partial charge in [0.1, 0.15) is 5.01 Å². The fraction of sp³-hybridized carbons (Fsp3) is 0.750. The second-order valence-corrected chi connectivity index (χ2v) is 8.24. The minimum Gasteiger partial charge on any atom is -0.304 e. The lowest BCUT2D eigenvalue weighted by Crippen LogP contribution is -2.41. The molecule has 0 saturated carbocycles. The van der Waals surface area contributed by atoms with Gasteiger partial charge in [-0.25, -0.2) is 13.4 Å². The maximum atomic E-state index is 11.6. The summed E-state index contributed by atoms with van der Waals surface area (Å²) in [5, 5.41) is 4.45. The number of nitrogens with zero attached hydrogens (tertiary/aromatic N) is 1. The van der Waals surface area contributed by atoms with E-state index in [1.165, 1.54) is 4.88 Å². The average Bonchev–Trinajstić information content (AvgIpc) is 2.76. The lowest BCUT2D eigenvalue weighted by atomic mass is 10.1. The van der Waals surface area contributed by atoms with Gasteiger partial charge in [-0.05, 0) is 26.2 Å². The first-order chi connectivity index (χ1) is 8.50. The minimum atomic E-state index is -2.84. The van der Waals surface area contributed by atoms with Crippen LogP contribution in [-0.4, -0.2) is 30.9 Å². The van der Waals surface area contributed by atoms with E-state index >= 15 is 0 Å². The zero-order valence-corrected chi connectivity index (χ0v) is 12.5. The van der Waals surface area contributed by atoms with Gasteiger partial charge < -0.3 is 5.32 Å². The summed E-state index contributed by atoms with van der Waals surface area (Å²) in [4.78, 5) is 5.67. The molecule has 2 atom stereocenters. The van der Waals surface area contributed by atoms with Gasteiger partial charge in [0.05, 0.1) is 17.5 Å². The Balaban J connectivity index is 1.96. The van der Waals surface area contributed by atoms with Gasteiger partial charge in [0.15, 0.2) is 9.84 Å². The van der Waals surface area contributed by atoms with Crippen molar-refractivity contribution >= 4 is 21.2 Å². The van der Waals surface area contributed by atoms with Crippen LogP contribution in [-0.2, 0) is 16.3 Å². The molecule has 4 nitrogen and oxygen atoms in total. The first kappa shape index (κ1) is 14.0. The van der Waals surface area contributed by atoms with E-state index in [2.05, 4.69) is 24.1 Å². The summed E-state index contributed by atoms with van der Waals surface area (Å²) >= 11 is 1.71. The number of hydrogen-bond acceptors (Lipinski definition) is 5. The first-order valence-electron chi connectivity index (χ1n) is 6.41. The Morgan fingerprint density at radius 1 is 1.61 bits per heavy atom. The van der Waals surface area contributed by atoms with Crippen molar-refractivity contribution in [3.8, 4) is 0 Å². The van der Waals surface area contributed by atoms with Gasteiger partial charge >= 0.3 is 0 Å². The molecular weight excluding hydrogens is 268 g/mol. The molecule has 0 bridgehead atoms. The molecule has 6 heteroatoms. The number of aryl methyl sites for hydroxylation is 1. The molecular formula is C12H20N2O2S2. The maximum Gasteiger partial charge on any atom is 0.151 e. The van der Waals surface area contributed by atoms with Crippen LogP contribution in [0.5, 0.6) is 0 Å². The molecule has 0 aliphatic carbocycles. The van der Waals surface area contributed by atoms with E-state index in [1.807, 2.05) is 6.20 Å². The normalized spacial score (nSPS) is 24.9. The Morgan fingerprint density at radius 3 is 3.00 bits per heavy atom. The average molecular weight is 288 g/mol. The van der Waals surface area contributed by atoms with Crippen LogP contribution in [0, 0.1) is 0 Å². The van der Waals surface area contributed by atoms with Gasteiger partial charge in [-0.1, -0.05) is 6.92 Å². The van der Waals surface area contributed by atoms with E-state index in [4.69, 9.17) is 0 Å². The smallest absolute Gasteiger partial charge is 0.151 e. The summed E-state index contributed by atoms with van der Waals surface area (Å²) in [5.74, 6) is 0.611. The third-order valence-corrected chi connectivity index (χ3v) is 6.38. The van der Waals surface area contributed by atoms with Gasteiger partial charge in [-0.3, -0.25) is 0 Å². The highest BCUT2D eigenvalue weighted by Gasteiger charge is 2.26. The number of hydrogen-bond donors (Lipinski definition) is 1. The largest absolute Gasteiger partial charge is 0.304 e. The Hall–Kier alpha value is -0.460. The van der Waals surface area contributed by atoms with Crippen molar-refractivity contribution in [3.05, 3.63) is 16.1 Å². The van der Waals surface area contributed by atoms with Crippen molar-refractivity contribution in [3.63, 3.8) is 0 Å². The Morgan fingerprint density at radius 2 is 2.39 bits per heavy atom. The standard InChI is InChI=1S/C12H20N2O2S2/c1-3-11-7-13-12(17-11)9(2)14-10-5-4-6-18(15,16)8-10/h7,9-10,14H,3-6,8H2,1-2H3. The van der Waals surface area contributed by atoms with E-state index in [-0.39, 0.29) is 17.8 Å². The molecule has 0 aromatic carbocycles. The summed E-state index contributed by atoms with van der Waals surface area (Å²) in [6.45, 7) is 4.17. The van der Waals surface area contributed by atoms with Gasteiger partial charge in [-0.2, -0.15) is 0 Å². The van der Waals surface area contributed by atoms with Crippen molar-refractivity contribution < 1.29 is 8.42 Å². The molecule has 1 aromatic rings. The number of rotatable bonds is 4. The Labute approximate surface area is 113 Å². The van der Waals surface area contributed by atoms with Gasteiger partial charge in [0.2, 0.25) is 0 Å². The zero-order chi connectivity index (χ0) is 13.2. The Bertz CT molecular complexity index is 496. The highest BCUT2D eigenvalue weighted by atomic mass is 32.2. The second kappa shape index (κ2) is 5.67. The molecule has 2 rings (SSSR count). The van der Waals surface area contributed by atoms with Crippen LogP contribution >= 0.6 is 11.3 Å². The molecule has 0 amide bonds. The molecule has 0 radical (unpaired) electrons. The summed E-state index contributed by atoms with van der Waals surface area (Å²) in [5.41, 5.74) is 0. The summed E-state index contributed by atoms with van der Waals surface area (Å²) in [7, 11) is -2.84. The van der Waals surface area contributed by atoms with Crippen molar-refractivity contribution in [2.75, 3.05) is 11.5 Å². The van der Waals surface area contributed by atoms with Crippen LogP contribution in [0.1, 0.15) is 42.6 Å². The SMILES string of the molecule is CCc1cnc(C(C)NC2CCCS(=O)(=O)C2)s1. The molecule has 1 aliphatic rings. The van der Waals surface area contributed by atoms with Gasteiger partial charge in [0, 0.05) is 17.1 Å². The van der Waals surface area contributed by atoms with Crippen molar-refractivity contribution in [2.45, 2.75) is 45.2 Å². The first-order valence-corrected chi connectivity index (χ1v) is 9.05. The number of nitrogens with one attached hydrogen (secondary N) is 1. The number of thiazole rings is 1. The van der Waals surface area contributed by atoms with Crippen LogP contribution in [0.4, 0.5) is 0 Å². The molecule has 2 unspecified atom stereocenters. The summed E-state index contributed by atoms with van der Waals surface area (Å²) in [6.07, 6.45) is 4.62. The van der Waals surface area contributed by atoms with Crippen LogP contribution < -0.4 is 5.32 Å². The molecule has 1 fully saturated rings. The van der Waals surface area contributed by atoms with Gasteiger partial charge in [0.25, 0.3) is 0 Å². The lowest BCUT2D eigenvalue weighted by molar-refractivity contribution is 0.436. The summed E-state index contributed by atoms with van der Waals surface area (Å²) < 4.78 is 23.2.